The zero-order valence-corrected chi connectivity index (χ0v) is 43.9. The second-order valence-corrected chi connectivity index (χ2v) is 19.1. The lowest BCUT2D eigenvalue weighted by molar-refractivity contribution is -0.155. The van der Waals surface area contributed by atoms with Crippen molar-refractivity contribution in [3.63, 3.8) is 0 Å². The van der Waals surface area contributed by atoms with Crippen LogP contribution in [0.1, 0.15) is 91.2 Å². The molecule has 396 valence electrons. The number of fused-ring (bicyclic) bond motifs is 2. The highest BCUT2D eigenvalue weighted by molar-refractivity contribution is 6.28. The zero-order chi connectivity index (χ0) is 54.1. The van der Waals surface area contributed by atoms with E-state index in [2.05, 4.69) is 65.5 Å². The van der Waals surface area contributed by atoms with E-state index < -0.39 is 11.2 Å². The van der Waals surface area contributed by atoms with Crippen molar-refractivity contribution in [3.8, 4) is 11.4 Å². The van der Waals surface area contributed by atoms with Gasteiger partial charge in [-0.1, -0.05) is 34.7 Å². The molecule has 0 saturated heterocycles. The summed E-state index contributed by atoms with van der Waals surface area (Å²) < 4.78 is 26.5. The number of anilines is 3. The molecule has 0 unspecified atom stereocenters. The number of methoxy groups -OCH3 is 2. The number of nitrogens with one attached hydrogen (secondary N) is 1. The fourth-order valence-electron chi connectivity index (χ4n) is 6.89. The van der Waals surface area contributed by atoms with Crippen molar-refractivity contribution >= 4 is 75.1 Å². The Morgan fingerprint density at radius 2 is 1.07 bits per heavy atom. The summed E-state index contributed by atoms with van der Waals surface area (Å²) in [5, 5.41) is 28.0. The molecule has 0 aliphatic rings. The van der Waals surface area contributed by atoms with Crippen molar-refractivity contribution in [2.45, 2.75) is 117 Å². The van der Waals surface area contributed by atoms with Gasteiger partial charge in [0.15, 0.2) is 22.3 Å². The van der Waals surface area contributed by atoms with Gasteiger partial charge in [-0.2, -0.15) is 29.5 Å². The molecule has 0 fully saturated rings. The standard InChI is InChI=1S/C25H30N8O4.C17H18ClN5O2.C8H13N3O2/c1-25(2,3)37-22(35)12-9-17-7-10-19(11-8-17)33-23-20(30-31-33)15-26-24(29-23)28-18-14-27-32(16-18)13-5-6-21(34)36-4;1-17(2,3)25-14(24)9-6-11-4-7-12(8-5-11)23-15-13(21-22-23)10-19-16(18)20-15;1-13-8(12)3-2-4-11-6-7(9)5-10-11/h7-8,10-11,14-16H,5-6,9,12-13H2,1-4H3,(H,26,28,29);4-5,7-8,10H,6,9H2,1-3H3;5-6H,2-4,9H2,1H3. The molecule has 75 heavy (non-hydrogen) atoms. The average molecular weight is 1050 g/mol. The average Bonchev–Trinajstić information content (AvgIpc) is 4.20. The molecule has 0 aliphatic carbocycles. The number of hydrogen-bond donors (Lipinski definition) is 2. The summed E-state index contributed by atoms with van der Waals surface area (Å²) in [4.78, 5) is 62.7. The minimum absolute atomic E-state index is 0.144. The van der Waals surface area contributed by atoms with Crippen LogP contribution in [0.5, 0.6) is 0 Å². The van der Waals surface area contributed by atoms with Gasteiger partial charge in [-0.3, -0.25) is 28.5 Å². The van der Waals surface area contributed by atoms with E-state index in [1.807, 2.05) is 96.3 Å². The van der Waals surface area contributed by atoms with Crippen molar-refractivity contribution in [2.75, 3.05) is 25.3 Å². The Kier molecular flexibility index (Phi) is 19.4. The minimum Gasteiger partial charge on any atom is -0.469 e. The van der Waals surface area contributed by atoms with Gasteiger partial charge in [-0.25, -0.2) is 9.97 Å². The number of rotatable bonds is 18. The molecule has 8 rings (SSSR count). The van der Waals surface area contributed by atoms with Crippen molar-refractivity contribution in [1.29, 1.82) is 0 Å². The molecule has 25 heteroatoms. The van der Waals surface area contributed by atoms with Crippen LogP contribution < -0.4 is 11.1 Å². The number of aromatic nitrogens is 14. The Morgan fingerprint density at radius 3 is 1.53 bits per heavy atom. The molecule has 0 aliphatic heterocycles. The number of nitrogen functional groups attached to an aromatic ring is 1. The second-order valence-electron chi connectivity index (χ2n) is 18.8. The van der Waals surface area contributed by atoms with Gasteiger partial charge in [0.25, 0.3) is 0 Å². The van der Waals surface area contributed by atoms with Crippen molar-refractivity contribution < 1.29 is 38.1 Å². The number of nitrogens with two attached hydrogens (primary N) is 1. The summed E-state index contributed by atoms with van der Waals surface area (Å²) in [7, 11) is 2.76. The van der Waals surface area contributed by atoms with Gasteiger partial charge in [0, 0.05) is 51.2 Å². The van der Waals surface area contributed by atoms with E-state index in [0.717, 1.165) is 22.5 Å². The van der Waals surface area contributed by atoms with Gasteiger partial charge < -0.3 is 30.0 Å². The first kappa shape index (κ1) is 55.9. The summed E-state index contributed by atoms with van der Waals surface area (Å²) in [6.07, 6.45) is 13.9. The molecule has 0 saturated carbocycles. The van der Waals surface area contributed by atoms with Gasteiger partial charge in [-0.05, 0) is 114 Å². The van der Waals surface area contributed by atoms with E-state index >= 15 is 0 Å². The first-order valence-electron chi connectivity index (χ1n) is 23.9. The maximum atomic E-state index is 12.0. The Balaban J connectivity index is 0.000000206. The topological polar surface area (TPSA) is 292 Å². The number of ether oxygens (including phenoxy) is 4. The molecule has 0 spiro atoms. The lowest BCUT2D eigenvalue weighted by Gasteiger charge is -2.19. The van der Waals surface area contributed by atoms with Crippen LogP contribution in [0.15, 0.2) is 85.7 Å². The van der Waals surface area contributed by atoms with Crippen LogP contribution in [-0.2, 0) is 64.1 Å². The lowest BCUT2D eigenvalue weighted by Crippen LogP contribution is -2.24. The van der Waals surface area contributed by atoms with Crippen LogP contribution in [-0.4, -0.2) is 119 Å². The van der Waals surface area contributed by atoms with Gasteiger partial charge in [0.1, 0.15) is 11.2 Å². The SMILES string of the molecule is CC(C)(C)OC(=O)CCc1ccc(-n2nnc3cnc(Cl)nc32)cc1.COC(=O)CCCn1cc(N)cn1.COC(=O)CCCn1cc(Nc2ncc3nnn(-c4ccc(CCC(=O)OC(C)(C)C)cc4)c3n2)cn1. The predicted molar refractivity (Wildman–Crippen MR) is 277 cm³/mol. The third kappa shape index (κ3) is 17.9. The Labute approximate surface area is 437 Å². The van der Waals surface area contributed by atoms with Crippen LogP contribution in [0.3, 0.4) is 0 Å². The van der Waals surface area contributed by atoms with Crippen molar-refractivity contribution in [1.82, 2.24) is 69.5 Å². The van der Waals surface area contributed by atoms with E-state index in [0.29, 0.717) is 104 Å². The van der Waals surface area contributed by atoms with Gasteiger partial charge in [0.2, 0.25) is 11.2 Å². The molecule has 24 nitrogen and oxygen atoms in total. The molecule has 2 aromatic carbocycles. The highest BCUT2D eigenvalue weighted by Crippen LogP contribution is 2.21. The smallest absolute Gasteiger partial charge is 0.306 e. The number of carbonyl (C=O) groups is 4. The van der Waals surface area contributed by atoms with E-state index in [1.54, 1.807) is 43.5 Å². The maximum absolute atomic E-state index is 12.0. The number of aryl methyl sites for hydroxylation is 4. The van der Waals surface area contributed by atoms with Crippen LogP contribution in [0.25, 0.3) is 33.7 Å². The third-order valence-electron chi connectivity index (χ3n) is 10.3. The quantitative estimate of drug-likeness (QED) is 0.0500. The van der Waals surface area contributed by atoms with Gasteiger partial charge >= 0.3 is 23.9 Å². The highest BCUT2D eigenvalue weighted by atomic mass is 35.5. The van der Waals surface area contributed by atoms with E-state index in [4.69, 9.17) is 26.8 Å². The van der Waals surface area contributed by atoms with Gasteiger partial charge in [0.05, 0.1) is 61.8 Å². The zero-order valence-electron chi connectivity index (χ0n) is 43.1. The van der Waals surface area contributed by atoms with Crippen molar-refractivity contribution in [3.05, 3.63) is 102 Å². The normalized spacial score (nSPS) is 11.3. The van der Waals surface area contributed by atoms with Crippen LogP contribution in [0, 0.1) is 0 Å². The number of halogens is 1. The van der Waals surface area contributed by atoms with E-state index in [1.165, 1.54) is 20.4 Å². The fraction of sp³-hybridized carbons (Fsp3) is 0.400. The molecule has 0 atom stereocenters. The van der Waals surface area contributed by atoms with Crippen molar-refractivity contribution in [2.24, 2.45) is 0 Å². The minimum atomic E-state index is -0.489. The molecule has 0 amide bonds. The molecule has 0 bridgehead atoms. The second kappa shape index (κ2) is 26.0. The number of esters is 4. The first-order chi connectivity index (χ1) is 35.7. The molecule has 6 aromatic heterocycles. The molecule has 0 radical (unpaired) electrons. The first-order valence-corrected chi connectivity index (χ1v) is 24.3. The van der Waals surface area contributed by atoms with Crippen LogP contribution >= 0.6 is 11.6 Å². The monoisotopic (exact) mass is 1050 g/mol. The summed E-state index contributed by atoms with van der Waals surface area (Å²) in [6.45, 7) is 12.4. The van der Waals surface area contributed by atoms with Gasteiger partial charge in [-0.15, -0.1) is 10.2 Å². The largest absolute Gasteiger partial charge is 0.469 e. The number of hydrogen-bond acceptors (Lipinski definition) is 20. The predicted octanol–water partition coefficient (Wildman–Crippen LogP) is 6.93. The third-order valence-corrected chi connectivity index (χ3v) is 10.5. The number of benzene rings is 2. The summed E-state index contributed by atoms with van der Waals surface area (Å²) in [5.74, 6) is -0.486. The molecule has 6 heterocycles. The molecular weight excluding hydrogens is 988 g/mol. The molecular formula is C50H61ClN16O8. The van der Waals surface area contributed by atoms with Crippen LogP contribution in [0.4, 0.5) is 17.3 Å². The molecule has 3 N–H and O–H groups in total. The maximum Gasteiger partial charge on any atom is 0.306 e. The number of carbonyl (C=O) groups excluding carboxylic acids is 4. The molecule has 8 aromatic rings. The van der Waals surface area contributed by atoms with E-state index in [-0.39, 0.29) is 29.2 Å². The fourth-order valence-corrected chi connectivity index (χ4v) is 7.01. The number of nitrogens with zero attached hydrogens (tertiary/aromatic N) is 14. The Morgan fingerprint density at radius 1 is 0.600 bits per heavy atom. The highest BCUT2D eigenvalue weighted by Gasteiger charge is 2.18. The Hall–Kier alpha value is -8.41. The van der Waals surface area contributed by atoms with E-state index in [9.17, 15) is 19.2 Å². The summed E-state index contributed by atoms with van der Waals surface area (Å²) >= 11 is 5.84. The van der Waals surface area contributed by atoms with Crippen LogP contribution in [0.2, 0.25) is 5.28 Å². The summed E-state index contributed by atoms with van der Waals surface area (Å²) in [5.41, 5.74) is 11.7. The lowest BCUT2D eigenvalue weighted by atomic mass is 10.1. The summed E-state index contributed by atoms with van der Waals surface area (Å²) in [6, 6.07) is 15.4. The Bertz CT molecular complexity index is 3160.